The van der Waals surface area contributed by atoms with Crippen molar-refractivity contribution < 1.29 is 19.0 Å². The lowest BCUT2D eigenvalue weighted by atomic mass is 10.1. The van der Waals surface area contributed by atoms with Crippen LogP contribution in [-0.4, -0.2) is 39.6 Å². The zero-order chi connectivity index (χ0) is 14.8. The number of methoxy groups -OCH3 is 2. The van der Waals surface area contributed by atoms with E-state index >= 15 is 0 Å². The van der Waals surface area contributed by atoms with Crippen molar-refractivity contribution in [3.8, 4) is 5.75 Å². The topological polar surface area (TPSA) is 48.0 Å². The number of cyclic esters (lactones) is 1. The van der Waals surface area contributed by atoms with Gasteiger partial charge in [0.05, 0.1) is 20.3 Å². The van der Waals surface area contributed by atoms with Crippen LogP contribution in [0.3, 0.4) is 0 Å². The van der Waals surface area contributed by atoms with E-state index in [1.165, 1.54) is 0 Å². The average molecular weight is 287 g/mol. The van der Waals surface area contributed by atoms with Crippen LogP contribution in [0.5, 0.6) is 5.75 Å². The van der Waals surface area contributed by atoms with Crippen LogP contribution in [0.25, 0.3) is 10.8 Å². The molecule has 0 N–H and O–H groups in total. The second kappa shape index (κ2) is 5.61. The van der Waals surface area contributed by atoms with E-state index in [0.29, 0.717) is 13.2 Å². The number of rotatable bonds is 4. The molecule has 0 aromatic heterocycles. The van der Waals surface area contributed by atoms with E-state index in [4.69, 9.17) is 14.2 Å². The first-order chi connectivity index (χ1) is 10.2. The largest absolute Gasteiger partial charge is 0.496 e. The van der Waals surface area contributed by atoms with Gasteiger partial charge in [0.15, 0.2) is 0 Å². The quantitative estimate of drug-likeness (QED) is 0.867. The molecular weight excluding hydrogens is 270 g/mol. The molecule has 0 spiro atoms. The van der Waals surface area contributed by atoms with Gasteiger partial charge < -0.3 is 14.2 Å². The molecule has 5 nitrogen and oxygen atoms in total. The van der Waals surface area contributed by atoms with Gasteiger partial charge in [0.1, 0.15) is 11.9 Å². The monoisotopic (exact) mass is 287 g/mol. The lowest BCUT2D eigenvalue weighted by Gasteiger charge is -2.14. The molecule has 1 aliphatic rings. The molecule has 0 saturated carbocycles. The molecule has 1 fully saturated rings. The molecule has 1 atom stereocenters. The normalized spacial score (nSPS) is 18.1. The zero-order valence-corrected chi connectivity index (χ0v) is 12.0. The molecule has 110 valence electrons. The van der Waals surface area contributed by atoms with Crippen LogP contribution >= 0.6 is 0 Å². The van der Waals surface area contributed by atoms with Crippen molar-refractivity contribution in [2.75, 3.05) is 32.3 Å². The summed E-state index contributed by atoms with van der Waals surface area (Å²) in [6.07, 6.45) is -0.553. The molecule has 1 saturated heterocycles. The number of amides is 1. The van der Waals surface area contributed by atoms with Crippen LogP contribution in [0.15, 0.2) is 36.4 Å². The highest BCUT2D eigenvalue weighted by atomic mass is 16.6. The second-order valence-corrected chi connectivity index (χ2v) is 4.94. The molecule has 0 aliphatic carbocycles. The van der Waals surface area contributed by atoms with Crippen LogP contribution in [0, 0.1) is 0 Å². The van der Waals surface area contributed by atoms with E-state index in [9.17, 15) is 4.79 Å². The Bertz CT molecular complexity index is 670. The van der Waals surface area contributed by atoms with Gasteiger partial charge in [-0.25, -0.2) is 4.79 Å². The van der Waals surface area contributed by atoms with E-state index < -0.39 is 0 Å². The SMILES string of the molecule is COCC1CN(c2ccc3c(OC)cccc3c2)C(=O)O1. The third kappa shape index (κ3) is 2.52. The third-order valence-corrected chi connectivity index (χ3v) is 3.58. The predicted octanol–water partition coefficient (Wildman–Crippen LogP) is 2.82. The summed E-state index contributed by atoms with van der Waals surface area (Å²) < 4.78 is 15.6. The van der Waals surface area contributed by atoms with E-state index in [-0.39, 0.29) is 12.2 Å². The number of ether oxygens (including phenoxy) is 3. The Morgan fingerprint density at radius 3 is 2.90 bits per heavy atom. The summed E-state index contributed by atoms with van der Waals surface area (Å²) in [6.45, 7) is 0.909. The van der Waals surface area contributed by atoms with Crippen molar-refractivity contribution in [2.24, 2.45) is 0 Å². The van der Waals surface area contributed by atoms with Gasteiger partial charge in [0.2, 0.25) is 0 Å². The highest BCUT2D eigenvalue weighted by Gasteiger charge is 2.32. The number of carbonyl (C=O) groups is 1. The fourth-order valence-electron chi connectivity index (χ4n) is 2.59. The molecule has 0 bridgehead atoms. The molecular formula is C16H17NO4. The van der Waals surface area contributed by atoms with Gasteiger partial charge in [-0.15, -0.1) is 0 Å². The van der Waals surface area contributed by atoms with Gasteiger partial charge in [0, 0.05) is 18.2 Å². The van der Waals surface area contributed by atoms with Crippen molar-refractivity contribution in [1.29, 1.82) is 0 Å². The Morgan fingerprint density at radius 1 is 1.29 bits per heavy atom. The summed E-state index contributed by atoms with van der Waals surface area (Å²) in [4.78, 5) is 13.6. The maximum Gasteiger partial charge on any atom is 0.414 e. The minimum Gasteiger partial charge on any atom is -0.496 e. The minimum absolute atomic E-state index is 0.219. The summed E-state index contributed by atoms with van der Waals surface area (Å²) in [5.41, 5.74) is 0.819. The van der Waals surface area contributed by atoms with Crippen LogP contribution in [0.1, 0.15) is 0 Å². The van der Waals surface area contributed by atoms with Gasteiger partial charge in [-0.2, -0.15) is 0 Å². The van der Waals surface area contributed by atoms with Gasteiger partial charge in [-0.3, -0.25) is 4.90 Å². The summed E-state index contributed by atoms with van der Waals surface area (Å²) in [5, 5.41) is 2.04. The van der Waals surface area contributed by atoms with Crippen molar-refractivity contribution in [2.45, 2.75) is 6.10 Å². The fourth-order valence-corrected chi connectivity index (χ4v) is 2.59. The lowest BCUT2D eigenvalue weighted by Crippen LogP contribution is -2.25. The highest BCUT2D eigenvalue weighted by molar-refractivity contribution is 5.96. The van der Waals surface area contributed by atoms with Crippen LogP contribution in [0.4, 0.5) is 10.5 Å². The lowest BCUT2D eigenvalue weighted by molar-refractivity contribution is 0.0718. The molecule has 5 heteroatoms. The number of carbonyl (C=O) groups excluding carboxylic acids is 1. The number of fused-ring (bicyclic) bond motifs is 1. The number of anilines is 1. The number of nitrogens with zero attached hydrogens (tertiary/aromatic N) is 1. The number of hydrogen-bond donors (Lipinski definition) is 0. The van der Waals surface area contributed by atoms with Gasteiger partial charge >= 0.3 is 6.09 Å². The summed E-state index contributed by atoms with van der Waals surface area (Å²) >= 11 is 0. The summed E-state index contributed by atoms with van der Waals surface area (Å²) in [7, 11) is 3.24. The molecule has 1 heterocycles. The van der Waals surface area contributed by atoms with E-state index in [2.05, 4.69) is 0 Å². The molecule has 1 aliphatic heterocycles. The van der Waals surface area contributed by atoms with Crippen LogP contribution in [-0.2, 0) is 9.47 Å². The van der Waals surface area contributed by atoms with E-state index in [1.54, 1.807) is 19.1 Å². The minimum atomic E-state index is -0.334. The van der Waals surface area contributed by atoms with Crippen LogP contribution < -0.4 is 9.64 Å². The Hall–Kier alpha value is -2.27. The average Bonchev–Trinajstić information content (AvgIpc) is 2.87. The van der Waals surface area contributed by atoms with Gasteiger partial charge in [-0.05, 0) is 29.7 Å². The Morgan fingerprint density at radius 2 is 2.14 bits per heavy atom. The second-order valence-electron chi connectivity index (χ2n) is 4.94. The Labute approximate surface area is 123 Å². The molecule has 21 heavy (non-hydrogen) atoms. The molecule has 2 aromatic rings. The van der Waals surface area contributed by atoms with Crippen molar-refractivity contribution in [3.05, 3.63) is 36.4 Å². The summed E-state index contributed by atoms with van der Waals surface area (Å²) in [6, 6.07) is 11.7. The fraction of sp³-hybridized carbons (Fsp3) is 0.312. The highest BCUT2D eigenvalue weighted by Crippen LogP contribution is 2.30. The van der Waals surface area contributed by atoms with Crippen molar-refractivity contribution in [3.63, 3.8) is 0 Å². The smallest absolute Gasteiger partial charge is 0.414 e. The molecule has 2 aromatic carbocycles. The first-order valence-corrected chi connectivity index (χ1v) is 6.77. The standard InChI is InChI=1S/C16H17NO4/c1-19-10-13-9-17(16(18)21-13)12-6-7-14-11(8-12)4-3-5-15(14)20-2/h3-8,13H,9-10H2,1-2H3. The Balaban J connectivity index is 1.93. The van der Waals surface area contributed by atoms with Gasteiger partial charge in [0.25, 0.3) is 0 Å². The molecule has 3 rings (SSSR count). The number of hydrogen-bond acceptors (Lipinski definition) is 4. The maximum atomic E-state index is 11.9. The third-order valence-electron chi connectivity index (χ3n) is 3.58. The number of benzene rings is 2. The van der Waals surface area contributed by atoms with E-state index in [1.807, 2.05) is 36.4 Å². The summed E-state index contributed by atoms with van der Waals surface area (Å²) in [5.74, 6) is 0.820. The molecule has 0 radical (unpaired) electrons. The maximum absolute atomic E-state index is 11.9. The Kier molecular flexibility index (Phi) is 3.66. The first-order valence-electron chi connectivity index (χ1n) is 6.77. The van der Waals surface area contributed by atoms with Gasteiger partial charge in [-0.1, -0.05) is 12.1 Å². The van der Waals surface area contributed by atoms with Crippen molar-refractivity contribution in [1.82, 2.24) is 0 Å². The molecule has 1 unspecified atom stereocenters. The van der Waals surface area contributed by atoms with Crippen LogP contribution in [0.2, 0.25) is 0 Å². The van der Waals surface area contributed by atoms with E-state index in [0.717, 1.165) is 22.2 Å². The van der Waals surface area contributed by atoms with Crippen molar-refractivity contribution >= 4 is 22.6 Å². The zero-order valence-electron chi connectivity index (χ0n) is 12.0. The molecule has 1 amide bonds. The predicted molar refractivity (Wildman–Crippen MR) is 80.0 cm³/mol. The first kappa shape index (κ1) is 13.7.